The van der Waals surface area contributed by atoms with E-state index in [-0.39, 0.29) is 0 Å². The highest BCUT2D eigenvalue weighted by atomic mass is 32.1. The minimum Gasteiger partial charge on any atom is -0.264 e. The van der Waals surface area contributed by atoms with Gasteiger partial charge in [0.1, 0.15) is 11.2 Å². The highest BCUT2D eigenvalue weighted by Gasteiger charge is 2.32. The van der Waals surface area contributed by atoms with Gasteiger partial charge in [-0.25, -0.2) is 9.13 Å². The third-order valence-corrected chi connectivity index (χ3v) is 5.33. The fourth-order valence-corrected chi connectivity index (χ4v) is 4.55. The summed E-state index contributed by atoms with van der Waals surface area (Å²) in [4.78, 5) is 8.48. The van der Waals surface area contributed by atoms with Gasteiger partial charge in [-0.1, -0.05) is 11.3 Å². The zero-order valence-electron chi connectivity index (χ0n) is 10.9. The lowest BCUT2D eigenvalue weighted by Crippen LogP contribution is -2.32. The molecule has 0 aromatic carbocycles. The molecule has 96 valence electrons. The molecule has 4 aromatic heterocycles. The Balaban J connectivity index is 1.97. The van der Waals surface area contributed by atoms with Crippen LogP contribution >= 0.6 is 11.3 Å². The molecular weight excluding hydrogens is 268 g/mol. The first kappa shape index (κ1) is 10.5. The van der Waals surface area contributed by atoms with Gasteiger partial charge in [0.2, 0.25) is 0 Å². The zero-order valence-corrected chi connectivity index (χ0v) is 11.7. The average molecular weight is 279 g/mol. The molecule has 4 nitrogen and oxygen atoms in total. The lowest BCUT2D eigenvalue weighted by Gasteiger charge is -1.93. The SMILES string of the molecule is Cn1c2cnccc2c2sc3[n+](c21)Cc1cnccc1-3. The molecule has 5 rings (SSSR count). The molecule has 0 N–H and O–H groups in total. The number of aromatic nitrogens is 4. The normalized spacial score (nSPS) is 13.1. The highest BCUT2D eigenvalue weighted by molar-refractivity contribution is 7.22. The van der Waals surface area contributed by atoms with Crippen molar-refractivity contribution in [1.82, 2.24) is 14.5 Å². The smallest absolute Gasteiger partial charge is 0.264 e. The number of hydrogen-bond acceptors (Lipinski definition) is 3. The van der Waals surface area contributed by atoms with Gasteiger partial charge in [-0.05, 0) is 12.1 Å². The van der Waals surface area contributed by atoms with Gasteiger partial charge in [0.15, 0.2) is 10.5 Å². The zero-order chi connectivity index (χ0) is 13.3. The van der Waals surface area contributed by atoms with Crippen molar-refractivity contribution in [2.24, 2.45) is 7.05 Å². The highest BCUT2D eigenvalue weighted by Crippen LogP contribution is 2.38. The van der Waals surface area contributed by atoms with Crippen LogP contribution in [0.5, 0.6) is 0 Å². The molecule has 0 aliphatic carbocycles. The van der Waals surface area contributed by atoms with Crippen LogP contribution in [0.3, 0.4) is 0 Å². The second kappa shape index (κ2) is 3.43. The van der Waals surface area contributed by atoms with Gasteiger partial charge in [-0.15, -0.1) is 0 Å². The second-order valence-electron chi connectivity index (χ2n) is 5.13. The first-order chi connectivity index (χ1) is 9.84. The maximum Gasteiger partial charge on any atom is 0.301 e. The summed E-state index contributed by atoms with van der Waals surface area (Å²) in [5.74, 6) is 0. The third kappa shape index (κ3) is 1.10. The summed E-state index contributed by atoms with van der Waals surface area (Å²) in [5, 5.41) is 2.63. The molecule has 0 radical (unpaired) electrons. The standard InChI is InChI=1S/C15H11N4S/c1-18-12-7-17-5-3-11(12)13-14(18)19-8-9-6-16-4-2-10(9)15(19)20-13/h2-7H,8H2,1H3/q+1. The number of nitrogens with zero attached hydrogens (tertiary/aromatic N) is 4. The number of fused-ring (bicyclic) bond motifs is 7. The van der Waals surface area contributed by atoms with E-state index in [1.54, 1.807) is 0 Å². The van der Waals surface area contributed by atoms with Gasteiger partial charge in [0.05, 0.1) is 18.6 Å². The van der Waals surface area contributed by atoms with E-state index in [9.17, 15) is 0 Å². The molecule has 1 aliphatic rings. The molecule has 0 saturated carbocycles. The van der Waals surface area contributed by atoms with Crippen molar-refractivity contribution >= 4 is 32.6 Å². The van der Waals surface area contributed by atoms with Crippen LogP contribution in [0.25, 0.3) is 31.8 Å². The maximum atomic E-state index is 4.25. The van der Waals surface area contributed by atoms with E-state index in [1.165, 1.54) is 37.4 Å². The lowest BCUT2D eigenvalue weighted by molar-refractivity contribution is -0.644. The molecule has 0 spiro atoms. The molecule has 0 fully saturated rings. The molecule has 0 unspecified atom stereocenters. The molecule has 5 heterocycles. The van der Waals surface area contributed by atoms with E-state index in [2.05, 4.69) is 38.3 Å². The maximum absolute atomic E-state index is 4.25. The van der Waals surface area contributed by atoms with Gasteiger partial charge in [0.25, 0.3) is 0 Å². The Kier molecular flexibility index (Phi) is 1.80. The number of aryl methyl sites for hydroxylation is 1. The number of pyridine rings is 2. The van der Waals surface area contributed by atoms with E-state index in [1.807, 2.05) is 36.1 Å². The van der Waals surface area contributed by atoms with E-state index >= 15 is 0 Å². The van der Waals surface area contributed by atoms with E-state index in [0.29, 0.717) is 0 Å². The predicted molar refractivity (Wildman–Crippen MR) is 78.6 cm³/mol. The summed E-state index contributed by atoms with van der Waals surface area (Å²) >= 11 is 1.87. The molecule has 4 aromatic rings. The van der Waals surface area contributed by atoms with Crippen molar-refractivity contribution in [2.75, 3.05) is 0 Å². The van der Waals surface area contributed by atoms with E-state index in [0.717, 1.165) is 6.54 Å². The fourth-order valence-electron chi connectivity index (χ4n) is 3.16. The lowest BCUT2D eigenvalue weighted by atomic mass is 10.2. The summed E-state index contributed by atoms with van der Waals surface area (Å²) in [6, 6.07) is 4.23. The van der Waals surface area contributed by atoms with Gasteiger partial charge >= 0.3 is 5.65 Å². The van der Waals surface area contributed by atoms with Crippen LogP contribution in [0.4, 0.5) is 0 Å². The Morgan fingerprint density at radius 2 is 2.05 bits per heavy atom. The van der Waals surface area contributed by atoms with Gasteiger partial charge < -0.3 is 0 Å². The first-order valence-electron chi connectivity index (χ1n) is 6.52. The van der Waals surface area contributed by atoms with Crippen LogP contribution in [-0.2, 0) is 13.6 Å². The molecule has 1 aliphatic heterocycles. The van der Waals surface area contributed by atoms with Gasteiger partial charge in [-0.2, -0.15) is 0 Å². The molecule has 0 amide bonds. The molecular formula is C15H11N4S+. The van der Waals surface area contributed by atoms with Gasteiger partial charge in [-0.3, -0.25) is 9.97 Å². The number of rotatable bonds is 0. The molecule has 0 bridgehead atoms. The van der Waals surface area contributed by atoms with E-state index in [4.69, 9.17) is 0 Å². The van der Waals surface area contributed by atoms with Crippen LogP contribution in [0.1, 0.15) is 5.56 Å². The Morgan fingerprint density at radius 1 is 1.20 bits per heavy atom. The first-order valence-corrected chi connectivity index (χ1v) is 7.34. The third-order valence-electron chi connectivity index (χ3n) is 4.09. The monoisotopic (exact) mass is 279 g/mol. The Labute approximate surface area is 119 Å². The molecule has 0 saturated heterocycles. The number of hydrogen-bond donors (Lipinski definition) is 0. The van der Waals surface area contributed by atoms with E-state index < -0.39 is 0 Å². The number of thiazole rings is 1. The van der Waals surface area contributed by atoms with Crippen molar-refractivity contribution in [3.63, 3.8) is 0 Å². The summed E-state index contributed by atoms with van der Waals surface area (Å²) in [6.07, 6.45) is 7.67. The van der Waals surface area contributed by atoms with Crippen LogP contribution in [0.15, 0.2) is 36.9 Å². The van der Waals surface area contributed by atoms with Crippen molar-refractivity contribution < 1.29 is 4.57 Å². The van der Waals surface area contributed by atoms with Crippen molar-refractivity contribution in [2.45, 2.75) is 6.54 Å². The van der Waals surface area contributed by atoms with Crippen molar-refractivity contribution in [3.05, 3.63) is 42.5 Å². The quantitative estimate of drug-likeness (QED) is 0.408. The summed E-state index contributed by atoms with van der Waals surface area (Å²) in [7, 11) is 2.12. The van der Waals surface area contributed by atoms with Crippen LogP contribution in [0, 0.1) is 0 Å². The van der Waals surface area contributed by atoms with Crippen LogP contribution in [-0.4, -0.2) is 14.5 Å². The molecule has 5 heteroatoms. The Bertz CT molecular complexity index is 996. The summed E-state index contributed by atoms with van der Waals surface area (Å²) in [5.41, 5.74) is 5.11. The van der Waals surface area contributed by atoms with Crippen molar-refractivity contribution in [3.8, 4) is 10.6 Å². The van der Waals surface area contributed by atoms with Crippen LogP contribution < -0.4 is 4.57 Å². The summed E-state index contributed by atoms with van der Waals surface area (Å²) in [6.45, 7) is 0.913. The predicted octanol–water partition coefficient (Wildman–Crippen LogP) is 2.50. The molecule has 0 atom stereocenters. The molecule has 20 heavy (non-hydrogen) atoms. The van der Waals surface area contributed by atoms with Gasteiger partial charge in [0, 0.05) is 29.7 Å². The average Bonchev–Trinajstić information content (AvgIpc) is 3.09. The van der Waals surface area contributed by atoms with Crippen molar-refractivity contribution in [1.29, 1.82) is 0 Å². The second-order valence-corrected chi connectivity index (χ2v) is 6.13. The largest absolute Gasteiger partial charge is 0.301 e. The Hall–Kier alpha value is -2.27. The summed E-state index contributed by atoms with van der Waals surface area (Å²) < 4.78 is 5.99. The van der Waals surface area contributed by atoms with Crippen LogP contribution in [0.2, 0.25) is 0 Å². The fraction of sp³-hybridized carbons (Fsp3) is 0.133. The minimum absolute atomic E-state index is 0.913. The minimum atomic E-state index is 0.913. The Morgan fingerprint density at radius 3 is 3.00 bits per heavy atom. The topological polar surface area (TPSA) is 34.6 Å².